The first-order chi connectivity index (χ1) is 15.5. The van der Waals surface area contributed by atoms with Crippen molar-refractivity contribution in [3.63, 3.8) is 0 Å². The number of sulfonamides is 1. The molecule has 1 aliphatic rings. The van der Waals surface area contributed by atoms with Gasteiger partial charge in [-0.15, -0.1) is 0 Å². The zero-order valence-electron chi connectivity index (χ0n) is 19.5. The summed E-state index contributed by atoms with van der Waals surface area (Å²) in [5.41, 5.74) is 3.90. The number of nitrogens with one attached hydrogen (secondary N) is 3. The molecule has 0 bridgehead atoms. The lowest BCUT2D eigenvalue weighted by Crippen LogP contribution is -2.38. The van der Waals surface area contributed by atoms with Crippen molar-refractivity contribution in [3.05, 3.63) is 47.0 Å². The van der Waals surface area contributed by atoms with Gasteiger partial charge in [0.15, 0.2) is 0 Å². The van der Waals surface area contributed by atoms with E-state index in [4.69, 9.17) is 4.74 Å². The zero-order valence-corrected chi connectivity index (χ0v) is 20.3. The minimum atomic E-state index is -3.70. The van der Waals surface area contributed by atoms with Gasteiger partial charge in [-0.25, -0.2) is 17.9 Å². The first-order valence-electron chi connectivity index (χ1n) is 10.6. The second-order valence-corrected chi connectivity index (χ2v) is 10.1. The van der Waals surface area contributed by atoms with E-state index in [0.717, 1.165) is 35.2 Å². The van der Waals surface area contributed by atoms with Crippen LogP contribution < -0.4 is 20.1 Å². The molecule has 9 nitrogen and oxygen atoms in total. The first-order valence-corrected chi connectivity index (χ1v) is 12.1. The van der Waals surface area contributed by atoms with Crippen molar-refractivity contribution in [1.82, 2.24) is 9.62 Å². The second kappa shape index (κ2) is 9.80. The summed E-state index contributed by atoms with van der Waals surface area (Å²) in [5.74, 6) is -0.0443. The van der Waals surface area contributed by atoms with Crippen LogP contribution in [-0.2, 0) is 14.8 Å². The van der Waals surface area contributed by atoms with Gasteiger partial charge in [-0.1, -0.05) is 17.7 Å². The highest BCUT2D eigenvalue weighted by Crippen LogP contribution is 2.29. The maximum atomic E-state index is 12.7. The minimum Gasteiger partial charge on any atom is -0.495 e. The van der Waals surface area contributed by atoms with Gasteiger partial charge < -0.3 is 20.3 Å². The SMILES string of the molecule is COc1ccc(S(=O)(=O)NC2CC2)cc1NC(=O)N(C)CC(=O)Nc1c(C)cc(C)cc1C. The summed E-state index contributed by atoms with van der Waals surface area (Å²) in [6.07, 6.45) is 1.63. The Balaban J connectivity index is 1.68. The average molecular weight is 475 g/mol. The molecule has 0 aliphatic heterocycles. The van der Waals surface area contributed by atoms with E-state index < -0.39 is 16.1 Å². The van der Waals surface area contributed by atoms with Gasteiger partial charge in [-0.05, 0) is 62.9 Å². The van der Waals surface area contributed by atoms with E-state index in [1.807, 2.05) is 32.9 Å². The van der Waals surface area contributed by atoms with Crippen molar-refractivity contribution in [2.75, 3.05) is 31.3 Å². The number of urea groups is 1. The van der Waals surface area contributed by atoms with Gasteiger partial charge in [-0.3, -0.25) is 4.79 Å². The molecule has 2 aromatic rings. The number of ether oxygens (including phenoxy) is 1. The molecule has 10 heteroatoms. The number of hydrogen-bond acceptors (Lipinski definition) is 5. The molecule has 3 rings (SSSR count). The molecule has 2 aromatic carbocycles. The number of carbonyl (C=O) groups is 2. The molecular weight excluding hydrogens is 444 g/mol. The summed E-state index contributed by atoms with van der Waals surface area (Å²) in [5, 5.41) is 5.49. The van der Waals surface area contributed by atoms with Crippen molar-refractivity contribution in [2.24, 2.45) is 0 Å². The summed E-state index contributed by atoms with van der Waals surface area (Å²) in [6.45, 7) is 5.62. The molecular formula is C23H30N4O5S. The molecule has 0 spiro atoms. The number of methoxy groups -OCH3 is 1. The van der Waals surface area contributed by atoms with E-state index in [0.29, 0.717) is 5.75 Å². The predicted molar refractivity (Wildman–Crippen MR) is 127 cm³/mol. The number of nitrogens with zero attached hydrogens (tertiary/aromatic N) is 1. The van der Waals surface area contributed by atoms with Crippen LogP contribution in [0.15, 0.2) is 35.2 Å². The largest absolute Gasteiger partial charge is 0.495 e. The smallest absolute Gasteiger partial charge is 0.322 e. The number of benzene rings is 2. The van der Waals surface area contributed by atoms with Gasteiger partial charge in [0.1, 0.15) is 12.3 Å². The minimum absolute atomic E-state index is 0.0243. The number of amides is 3. The van der Waals surface area contributed by atoms with E-state index in [9.17, 15) is 18.0 Å². The third-order valence-electron chi connectivity index (χ3n) is 5.29. The van der Waals surface area contributed by atoms with Crippen molar-refractivity contribution in [3.8, 4) is 5.75 Å². The average Bonchev–Trinajstić information content (AvgIpc) is 3.53. The highest BCUT2D eigenvalue weighted by molar-refractivity contribution is 7.89. The Morgan fingerprint density at radius 3 is 2.27 bits per heavy atom. The summed E-state index contributed by atoms with van der Waals surface area (Å²) >= 11 is 0. The van der Waals surface area contributed by atoms with Crippen LogP contribution in [0.3, 0.4) is 0 Å². The first kappa shape index (κ1) is 24.5. The van der Waals surface area contributed by atoms with Crippen LogP contribution in [0.2, 0.25) is 0 Å². The van der Waals surface area contributed by atoms with Crippen LogP contribution in [0.1, 0.15) is 29.5 Å². The number of hydrogen-bond donors (Lipinski definition) is 3. The molecule has 1 aliphatic carbocycles. The van der Waals surface area contributed by atoms with Crippen LogP contribution in [0.4, 0.5) is 16.2 Å². The Hall–Kier alpha value is -3.11. The fourth-order valence-electron chi connectivity index (χ4n) is 3.49. The number of carbonyl (C=O) groups excluding carboxylic acids is 2. The van der Waals surface area contributed by atoms with Gasteiger partial charge >= 0.3 is 6.03 Å². The normalized spacial score (nSPS) is 13.4. The Morgan fingerprint density at radius 1 is 1.06 bits per heavy atom. The summed E-state index contributed by atoms with van der Waals surface area (Å²) in [6, 6.07) is 7.57. The van der Waals surface area contributed by atoms with E-state index >= 15 is 0 Å². The Labute approximate surface area is 194 Å². The Kier molecular flexibility index (Phi) is 7.28. The lowest BCUT2D eigenvalue weighted by molar-refractivity contribution is -0.116. The van der Waals surface area contributed by atoms with E-state index in [1.54, 1.807) is 0 Å². The van der Waals surface area contributed by atoms with Crippen molar-refractivity contribution >= 4 is 33.3 Å². The zero-order chi connectivity index (χ0) is 24.3. The monoisotopic (exact) mass is 474 g/mol. The number of aryl methyl sites for hydroxylation is 3. The molecule has 0 aromatic heterocycles. The van der Waals surface area contributed by atoms with E-state index in [-0.39, 0.29) is 29.1 Å². The molecule has 0 atom stereocenters. The Morgan fingerprint density at radius 2 is 1.70 bits per heavy atom. The fraction of sp³-hybridized carbons (Fsp3) is 0.391. The summed E-state index contributed by atoms with van der Waals surface area (Å²) in [4.78, 5) is 26.5. The Bertz CT molecular complexity index is 1150. The van der Waals surface area contributed by atoms with Gasteiger partial charge in [0.2, 0.25) is 15.9 Å². The lowest BCUT2D eigenvalue weighted by atomic mass is 10.1. The van der Waals surface area contributed by atoms with E-state index in [2.05, 4.69) is 15.4 Å². The quantitative estimate of drug-likeness (QED) is 0.543. The van der Waals surface area contributed by atoms with Crippen LogP contribution in [0, 0.1) is 20.8 Å². The third kappa shape index (κ3) is 6.23. The molecule has 0 radical (unpaired) electrons. The summed E-state index contributed by atoms with van der Waals surface area (Å²) < 4.78 is 32.9. The number of anilines is 2. The van der Waals surface area contributed by atoms with Crippen LogP contribution >= 0.6 is 0 Å². The van der Waals surface area contributed by atoms with Gasteiger partial charge in [0.05, 0.1) is 17.7 Å². The summed E-state index contributed by atoms with van der Waals surface area (Å²) in [7, 11) is -0.801. The van der Waals surface area contributed by atoms with E-state index in [1.165, 1.54) is 37.3 Å². The van der Waals surface area contributed by atoms with Crippen molar-refractivity contribution in [1.29, 1.82) is 0 Å². The molecule has 178 valence electrons. The number of rotatable bonds is 8. The lowest BCUT2D eigenvalue weighted by Gasteiger charge is -2.20. The van der Waals surface area contributed by atoms with Crippen LogP contribution in [0.25, 0.3) is 0 Å². The second-order valence-electron chi connectivity index (χ2n) is 8.37. The molecule has 3 amide bonds. The number of likely N-dealkylation sites (N-methyl/N-ethyl adjacent to an activating group) is 1. The third-order valence-corrected chi connectivity index (χ3v) is 6.81. The molecule has 1 saturated carbocycles. The maximum absolute atomic E-state index is 12.7. The fourth-order valence-corrected chi connectivity index (χ4v) is 4.83. The molecule has 0 heterocycles. The van der Waals surface area contributed by atoms with Crippen molar-refractivity contribution in [2.45, 2.75) is 44.6 Å². The standard InChI is InChI=1S/C23H30N4O5S/c1-14-10-15(2)22(16(3)11-14)25-21(28)13-27(4)23(29)24-19-12-18(8-9-20(19)32-5)33(30,31)26-17-6-7-17/h8-12,17,26H,6-7,13H2,1-5H3,(H,24,29)(H,25,28). The predicted octanol–water partition coefficient (Wildman–Crippen LogP) is 3.16. The van der Waals surface area contributed by atoms with Gasteiger partial charge in [0, 0.05) is 18.8 Å². The van der Waals surface area contributed by atoms with Gasteiger partial charge in [-0.2, -0.15) is 0 Å². The molecule has 1 fully saturated rings. The van der Waals surface area contributed by atoms with Crippen LogP contribution in [0.5, 0.6) is 5.75 Å². The molecule has 3 N–H and O–H groups in total. The molecule has 0 saturated heterocycles. The topological polar surface area (TPSA) is 117 Å². The highest BCUT2D eigenvalue weighted by Gasteiger charge is 2.28. The highest BCUT2D eigenvalue weighted by atomic mass is 32.2. The van der Waals surface area contributed by atoms with Crippen LogP contribution in [-0.4, -0.2) is 52.0 Å². The van der Waals surface area contributed by atoms with Crippen molar-refractivity contribution < 1.29 is 22.7 Å². The maximum Gasteiger partial charge on any atom is 0.322 e. The molecule has 0 unspecified atom stereocenters. The van der Waals surface area contributed by atoms with Gasteiger partial charge in [0.25, 0.3) is 0 Å². The molecule has 33 heavy (non-hydrogen) atoms.